The van der Waals surface area contributed by atoms with Gasteiger partial charge in [-0.3, -0.25) is 4.79 Å². The minimum atomic E-state index is -0.585. The van der Waals surface area contributed by atoms with E-state index in [0.717, 1.165) is 11.1 Å². The molecule has 2 aliphatic heterocycles. The van der Waals surface area contributed by atoms with Crippen LogP contribution in [-0.2, 0) is 20.7 Å². The lowest BCUT2D eigenvalue weighted by molar-refractivity contribution is -0.121. The van der Waals surface area contributed by atoms with Gasteiger partial charge in [0.15, 0.2) is 0 Å². The van der Waals surface area contributed by atoms with Gasteiger partial charge in [0.25, 0.3) is 0 Å². The maximum atomic E-state index is 12.1. The van der Waals surface area contributed by atoms with Gasteiger partial charge in [0.1, 0.15) is 18.3 Å². The third-order valence-corrected chi connectivity index (χ3v) is 3.99. The third kappa shape index (κ3) is 2.57. The van der Waals surface area contributed by atoms with E-state index in [0.29, 0.717) is 13.0 Å². The van der Waals surface area contributed by atoms with E-state index in [9.17, 15) is 9.90 Å². The van der Waals surface area contributed by atoms with Gasteiger partial charge in [-0.25, -0.2) is 0 Å². The SMILES string of the molecule is Cc1ccccc1CC(=O)N[C@@H]1CO[C@H]2[C@@H]1OC[C@H]2O. The molecule has 0 radical (unpaired) electrons. The Morgan fingerprint density at radius 1 is 1.30 bits per heavy atom. The Balaban J connectivity index is 1.59. The van der Waals surface area contributed by atoms with Crippen LogP contribution in [0.15, 0.2) is 24.3 Å². The molecule has 108 valence electrons. The van der Waals surface area contributed by atoms with Crippen molar-refractivity contribution < 1.29 is 19.4 Å². The van der Waals surface area contributed by atoms with Gasteiger partial charge < -0.3 is 19.9 Å². The molecule has 0 bridgehead atoms. The second-order valence-corrected chi connectivity index (χ2v) is 5.44. The van der Waals surface area contributed by atoms with Crippen LogP contribution in [0, 0.1) is 6.92 Å². The average Bonchev–Trinajstić information content (AvgIpc) is 2.97. The number of hydrogen-bond acceptors (Lipinski definition) is 4. The van der Waals surface area contributed by atoms with Gasteiger partial charge in [0, 0.05) is 0 Å². The van der Waals surface area contributed by atoms with Gasteiger partial charge in [0.2, 0.25) is 5.91 Å². The van der Waals surface area contributed by atoms with Gasteiger partial charge in [-0.15, -0.1) is 0 Å². The summed E-state index contributed by atoms with van der Waals surface area (Å²) in [5.74, 6) is -0.0430. The molecule has 2 N–H and O–H groups in total. The Morgan fingerprint density at radius 2 is 2.05 bits per heavy atom. The molecular weight excluding hydrogens is 258 g/mol. The first-order valence-electron chi connectivity index (χ1n) is 6.90. The smallest absolute Gasteiger partial charge is 0.224 e. The number of carbonyl (C=O) groups excluding carboxylic acids is 1. The molecule has 2 aliphatic rings. The lowest BCUT2D eigenvalue weighted by atomic mass is 10.0. The van der Waals surface area contributed by atoms with E-state index in [1.165, 1.54) is 0 Å². The highest BCUT2D eigenvalue weighted by Gasteiger charge is 2.47. The molecule has 2 fully saturated rings. The number of hydrogen-bond donors (Lipinski definition) is 2. The van der Waals surface area contributed by atoms with Gasteiger partial charge in [0.05, 0.1) is 25.7 Å². The van der Waals surface area contributed by atoms with Crippen LogP contribution in [0.2, 0.25) is 0 Å². The molecule has 5 heteroatoms. The Morgan fingerprint density at radius 3 is 2.85 bits per heavy atom. The number of fused-ring (bicyclic) bond motifs is 1. The summed E-state index contributed by atoms with van der Waals surface area (Å²) in [5, 5.41) is 12.6. The summed E-state index contributed by atoms with van der Waals surface area (Å²) in [4.78, 5) is 12.1. The Kier molecular flexibility index (Phi) is 3.74. The first kappa shape index (κ1) is 13.5. The van der Waals surface area contributed by atoms with E-state index in [2.05, 4.69) is 5.32 Å². The molecule has 0 aliphatic carbocycles. The van der Waals surface area contributed by atoms with Crippen LogP contribution in [0.25, 0.3) is 0 Å². The van der Waals surface area contributed by atoms with Crippen LogP contribution in [0.3, 0.4) is 0 Å². The normalized spacial score (nSPS) is 32.1. The second-order valence-electron chi connectivity index (χ2n) is 5.44. The zero-order valence-electron chi connectivity index (χ0n) is 11.4. The molecule has 0 aromatic heterocycles. The molecule has 0 unspecified atom stereocenters. The highest BCUT2D eigenvalue weighted by molar-refractivity contribution is 5.79. The van der Waals surface area contributed by atoms with Crippen LogP contribution in [0.5, 0.6) is 0 Å². The van der Waals surface area contributed by atoms with Crippen LogP contribution >= 0.6 is 0 Å². The first-order valence-corrected chi connectivity index (χ1v) is 6.90. The van der Waals surface area contributed by atoms with Crippen molar-refractivity contribution in [3.8, 4) is 0 Å². The summed E-state index contributed by atoms with van der Waals surface area (Å²) in [6, 6.07) is 7.67. The molecule has 20 heavy (non-hydrogen) atoms. The predicted octanol–water partition coefficient (Wildman–Crippen LogP) is 0.181. The zero-order chi connectivity index (χ0) is 14.1. The van der Waals surface area contributed by atoms with E-state index in [-0.39, 0.29) is 30.8 Å². The number of amides is 1. The topological polar surface area (TPSA) is 67.8 Å². The third-order valence-electron chi connectivity index (χ3n) is 3.99. The fourth-order valence-corrected chi connectivity index (χ4v) is 2.84. The summed E-state index contributed by atoms with van der Waals surface area (Å²) in [7, 11) is 0. The molecule has 3 rings (SSSR count). The molecule has 5 nitrogen and oxygen atoms in total. The number of nitrogens with one attached hydrogen (secondary N) is 1. The summed E-state index contributed by atoms with van der Waals surface area (Å²) in [6.45, 7) is 2.67. The second kappa shape index (κ2) is 5.52. The molecule has 0 saturated carbocycles. The van der Waals surface area contributed by atoms with Gasteiger partial charge in [-0.05, 0) is 18.1 Å². The predicted molar refractivity (Wildman–Crippen MR) is 72.3 cm³/mol. The summed E-state index contributed by atoms with van der Waals surface area (Å²) in [6.07, 6.45) is -0.772. The number of aliphatic hydroxyl groups is 1. The highest BCUT2D eigenvalue weighted by atomic mass is 16.6. The van der Waals surface area contributed by atoms with Crippen LogP contribution in [0.4, 0.5) is 0 Å². The van der Waals surface area contributed by atoms with Crippen molar-refractivity contribution >= 4 is 5.91 Å². The van der Waals surface area contributed by atoms with Crippen LogP contribution < -0.4 is 5.32 Å². The summed E-state index contributed by atoms with van der Waals surface area (Å²) >= 11 is 0. The van der Waals surface area contributed by atoms with Crippen LogP contribution in [-0.4, -0.2) is 48.6 Å². The standard InChI is InChI=1S/C15H19NO4/c1-9-4-2-3-5-10(9)6-13(18)16-11-7-19-15-12(17)8-20-14(11)15/h2-5,11-12,14-15,17H,6-8H2,1H3,(H,16,18)/t11-,12-,14-,15-/m1/s1. The number of ether oxygens (including phenoxy) is 2. The molecule has 2 saturated heterocycles. The van der Waals surface area contributed by atoms with Crippen molar-refractivity contribution in [1.29, 1.82) is 0 Å². The minimum absolute atomic E-state index is 0.0430. The highest BCUT2D eigenvalue weighted by Crippen LogP contribution is 2.26. The number of carbonyl (C=O) groups is 1. The van der Waals surface area contributed by atoms with Crippen molar-refractivity contribution in [2.24, 2.45) is 0 Å². The number of benzene rings is 1. The molecular formula is C15H19NO4. The van der Waals surface area contributed by atoms with Gasteiger partial charge in [-0.2, -0.15) is 0 Å². The Labute approximate surface area is 117 Å². The van der Waals surface area contributed by atoms with E-state index in [1.54, 1.807) is 0 Å². The van der Waals surface area contributed by atoms with E-state index >= 15 is 0 Å². The zero-order valence-corrected chi connectivity index (χ0v) is 11.4. The van der Waals surface area contributed by atoms with Gasteiger partial charge in [-0.1, -0.05) is 24.3 Å². The number of aliphatic hydroxyl groups excluding tert-OH is 1. The molecule has 4 atom stereocenters. The minimum Gasteiger partial charge on any atom is -0.388 e. The quantitative estimate of drug-likeness (QED) is 0.827. The lowest BCUT2D eigenvalue weighted by Crippen LogP contribution is -2.44. The van der Waals surface area contributed by atoms with E-state index in [4.69, 9.17) is 9.47 Å². The van der Waals surface area contributed by atoms with Crippen LogP contribution in [0.1, 0.15) is 11.1 Å². The Bertz CT molecular complexity index is 504. The fraction of sp³-hybridized carbons (Fsp3) is 0.533. The average molecular weight is 277 g/mol. The fourth-order valence-electron chi connectivity index (χ4n) is 2.84. The maximum absolute atomic E-state index is 12.1. The van der Waals surface area contributed by atoms with Gasteiger partial charge >= 0.3 is 0 Å². The van der Waals surface area contributed by atoms with Crippen molar-refractivity contribution in [2.75, 3.05) is 13.2 Å². The molecule has 1 aromatic carbocycles. The van der Waals surface area contributed by atoms with Crippen molar-refractivity contribution in [2.45, 2.75) is 37.7 Å². The number of rotatable bonds is 3. The Hall–Kier alpha value is -1.43. The van der Waals surface area contributed by atoms with Crippen molar-refractivity contribution in [3.63, 3.8) is 0 Å². The molecule has 1 aromatic rings. The monoisotopic (exact) mass is 277 g/mol. The van der Waals surface area contributed by atoms with E-state index < -0.39 is 6.10 Å². The van der Waals surface area contributed by atoms with Crippen molar-refractivity contribution in [3.05, 3.63) is 35.4 Å². The van der Waals surface area contributed by atoms with Crippen molar-refractivity contribution in [1.82, 2.24) is 5.32 Å². The lowest BCUT2D eigenvalue weighted by Gasteiger charge is -2.17. The van der Waals surface area contributed by atoms with E-state index in [1.807, 2.05) is 31.2 Å². The maximum Gasteiger partial charge on any atom is 0.224 e. The molecule has 0 spiro atoms. The largest absolute Gasteiger partial charge is 0.388 e. The molecule has 1 amide bonds. The molecule has 2 heterocycles. The summed E-state index contributed by atoms with van der Waals surface area (Å²) in [5.41, 5.74) is 2.13. The first-order chi connectivity index (χ1) is 9.65. The number of aryl methyl sites for hydroxylation is 1. The summed E-state index contributed by atoms with van der Waals surface area (Å²) < 4.78 is 11.0.